The zero-order chi connectivity index (χ0) is 12.5. The summed E-state index contributed by atoms with van der Waals surface area (Å²) in [5.41, 5.74) is -0.743. The number of nitrogens with zero attached hydrogens (tertiary/aromatic N) is 1. The molecule has 0 atom stereocenters. The van der Waals surface area contributed by atoms with Gasteiger partial charge in [0.15, 0.2) is 0 Å². The van der Waals surface area contributed by atoms with E-state index in [1.807, 2.05) is 17.5 Å². The van der Waals surface area contributed by atoms with Crippen molar-refractivity contribution in [1.29, 1.82) is 0 Å². The lowest BCUT2D eigenvalue weighted by molar-refractivity contribution is -0.148. The largest absolute Gasteiger partial charge is 0.352 e. The molecule has 1 aromatic rings. The molecule has 0 spiro atoms. The van der Waals surface area contributed by atoms with Gasteiger partial charge in [-0.05, 0) is 25.3 Å². The average Bonchev–Trinajstić information content (AvgIpc) is 2.74. The van der Waals surface area contributed by atoms with Crippen LogP contribution in [-0.2, 0) is 16.0 Å². The smallest absolute Gasteiger partial charge is 0.245 e. The van der Waals surface area contributed by atoms with Crippen LogP contribution in [0.25, 0.3) is 0 Å². The molecule has 1 saturated heterocycles. The van der Waals surface area contributed by atoms with Crippen LogP contribution in [0.15, 0.2) is 17.5 Å². The maximum Gasteiger partial charge on any atom is 0.245 e. The lowest BCUT2D eigenvalue weighted by atomic mass is 9.98. The molecule has 1 aromatic heterocycles. The van der Waals surface area contributed by atoms with Crippen LogP contribution in [0, 0.1) is 0 Å². The van der Waals surface area contributed by atoms with E-state index >= 15 is 0 Å². The summed E-state index contributed by atoms with van der Waals surface area (Å²) in [6, 6.07) is 3.88. The lowest BCUT2D eigenvalue weighted by Gasteiger charge is -2.41. The van der Waals surface area contributed by atoms with Gasteiger partial charge in [0, 0.05) is 18.0 Å². The molecule has 0 bridgehead atoms. The van der Waals surface area contributed by atoms with Gasteiger partial charge in [-0.25, -0.2) is 0 Å². The highest BCUT2D eigenvalue weighted by Gasteiger charge is 2.40. The number of nitrogens with one attached hydrogen (secondary N) is 1. The molecule has 2 heterocycles. The van der Waals surface area contributed by atoms with E-state index < -0.39 is 5.54 Å². The normalized spacial score (nSPS) is 18.9. The molecule has 0 saturated carbocycles. The summed E-state index contributed by atoms with van der Waals surface area (Å²) < 4.78 is 0. The molecule has 0 unspecified atom stereocenters. The second-order valence-electron chi connectivity index (χ2n) is 4.62. The Morgan fingerprint density at radius 1 is 1.59 bits per heavy atom. The summed E-state index contributed by atoms with van der Waals surface area (Å²) in [4.78, 5) is 26.6. The van der Waals surface area contributed by atoms with Gasteiger partial charge in [0.1, 0.15) is 5.54 Å². The van der Waals surface area contributed by atoms with Crippen molar-refractivity contribution in [3.63, 3.8) is 0 Å². The van der Waals surface area contributed by atoms with Crippen molar-refractivity contribution in [3.05, 3.63) is 22.4 Å². The zero-order valence-electron chi connectivity index (χ0n) is 10.0. The Balaban J connectivity index is 2.10. The second-order valence-corrected chi connectivity index (χ2v) is 5.65. The fourth-order valence-electron chi connectivity index (χ4n) is 1.99. The van der Waals surface area contributed by atoms with E-state index in [-0.39, 0.29) is 11.8 Å². The Morgan fingerprint density at radius 2 is 2.35 bits per heavy atom. The molecule has 0 aliphatic carbocycles. The summed E-state index contributed by atoms with van der Waals surface area (Å²) in [6.45, 7) is 4.70. The van der Waals surface area contributed by atoms with Crippen molar-refractivity contribution in [1.82, 2.24) is 10.2 Å². The van der Waals surface area contributed by atoms with Gasteiger partial charge in [0.25, 0.3) is 0 Å². The van der Waals surface area contributed by atoms with Gasteiger partial charge in [0.2, 0.25) is 11.8 Å². The monoisotopic (exact) mass is 252 g/mol. The minimum Gasteiger partial charge on any atom is -0.352 e. The second kappa shape index (κ2) is 4.49. The third-order valence-electron chi connectivity index (χ3n) is 3.06. The van der Waals surface area contributed by atoms with Crippen LogP contribution in [0.1, 0.15) is 18.7 Å². The number of rotatable bonds is 2. The molecule has 0 radical (unpaired) electrons. The standard InChI is InChI=1S/C12H16N2O2S/c1-12(2)11(16)13-5-6-14(12)10(15)8-9-4-3-7-17-9/h3-4,7H,5-6,8H2,1-2H3,(H,13,16). The number of hydrogen-bond acceptors (Lipinski definition) is 3. The van der Waals surface area contributed by atoms with Crippen LogP contribution in [0.3, 0.4) is 0 Å². The number of carbonyl (C=O) groups is 2. The molecule has 92 valence electrons. The molecule has 2 rings (SSSR count). The predicted octanol–water partition coefficient (Wildman–Crippen LogP) is 1.03. The highest BCUT2D eigenvalue weighted by molar-refractivity contribution is 7.10. The molecule has 1 fully saturated rings. The van der Waals surface area contributed by atoms with Crippen LogP contribution in [0.2, 0.25) is 0 Å². The maximum atomic E-state index is 12.2. The number of amides is 2. The van der Waals surface area contributed by atoms with Gasteiger partial charge >= 0.3 is 0 Å². The molecule has 0 aromatic carbocycles. The zero-order valence-corrected chi connectivity index (χ0v) is 10.8. The van der Waals surface area contributed by atoms with Crippen molar-refractivity contribution in [2.75, 3.05) is 13.1 Å². The molecular formula is C12H16N2O2S. The molecule has 4 nitrogen and oxygen atoms in total. The number of hydrogen-bond donors (Lipinski definition) is 1. The highest BCUT2D eigenvalue weighted by atomic mass is 32.1. The quantitative estimate of drug-likeness (QED) is 0.854. The number of thiophene rings is 1. The van der Waals surface area contributed by atoms with Gasteiger partial charge in [0.05, 0.1) is 6.42 Å². The van der Waals surface area contributed by atoms with Gasteiger partial charge in [-0.1, -0.05) is 6.07 Å². The summed E-state index contributed by atoms with van der Waals surface area (Å²) in [6.07, 6.45) is 0.383. The van der Waals surface area contributed by atoms with E-state index in [1.54, 1.807) is 30.1 Å². The van der Waals surface area contributed by atoms with Crippen LogP contribution in [-0.4, -0.2) is 35.3 Å². The first-order valence-electron chi connectivity index (χ1n) is 5.63. The molecule has 17 heavy (non-hydrogen) atoms. The average molecular weight is 252 g/mol. The van der Waals surface area contributed by atoms with Gasteiger partial charge < -0.3 is 10.2 Å². The van der Waals surface area contributed by atoms with E-state index in [9.17, 15) is 9.59 Å². The fourth-order valence-corrected chi connectivity index (χ4v) is 2.69. The van der Waals surface area contributed by atoms with Crippen molar-refractivity contribution >= 4 is 23.2 Å². The Bertz CT molecular complexity index is 426. The first-order chi connectivity index (χ1) is 8.01. The maximum absolute atomic E-state index is 12.2. The van der Waals surface area contributed by atoms with E-state index in [1.165, 1.54) is 0 Å². The number of piperazine rings is 1. The fraction of sp³-hybridized carbons (Fsp3) is 0.500. The molecule has 1 aliphatic heterocycles. The Morgan fingerprint density at radius 3 is 3.00 bits per heavy atom. The summed E-state index contributed by atoms with van der Waals surface area (Å²) in [5, 5.41) is 4.74. The molecule has 2 amide bonds. The predicted molar refractivity (Wildman–Crippen MR) is 66.8 cm³/mol. The van der Waals surface area contributed by atoms with Gasteiger partial charge in [-0.3, -0.25) is 9.59 Å². The van der Waals surface area contributed by atoms with Crippen LogP contribution in [0.4, 0.5) is 0 Å². The van der Waals surface area contributed by atoms with Gasteiger partial charge in [-0.15, -0.1) is 11.3 Å². The first kappa shape index (κ1) is 12.1. The topological polar surface area (TPSA) is 49.4 Å². The van der Waals surface area contributed by atoms with E-state index in [0.717, 1.165) is 4.88 Å². The van der Waals surface area contributed by atoms with E-state index in [2.05, 4.69) is 5.32 Å². The molecule has 1 N–H and O–H groups in total. The van der Waals surface area contributed by atoms with Crippen LogP contribution in [0.5, 0.6) is 0 Å². The molecule has 5 heteroatoms. The van der Waals surface area contributed by atoms with Crippen LogP contribution < -0.4 is 5.32 Å². The summed E-state index contributed by atoms with van der Waals surface area (Å²) in [5.74, 6) is -0.0596. The van der Waals surface area contributed by atoms with Crippen molar-refractivity contribution in [2.45, 2.75) is 25.8 Å². The lowest BCUT2D eigenvalue weighted by Crippen LogP contribution is -2.63. The first-order valence-corrected chi connectivity index (χ1v) is 6.51. The van der Waals surface area contributed by atoms with Crippen molar-refractivity contribution < 1.29 is 9.59 Å². The SMILES string of the molecule is CC1(C)C(=O)NCCN1C(=O)Cc1cccs1. The van der Waals surface area contributed by atoms with E-state index in [0.29, 0.717) is 19.5 Å². The third kappa shape index (κ3) is 2.34. The minimum atomic E-state index is -0.743. The minimum absolute atomic E-state index is 0.0206. The Labute approximate surface area is 105 Å². The van der Waals surface area contributed by atoms with Crippen molar-refractivity contribution in [2.24, 2.45) is 0 Å². The Hall–Kier alpha value is -1.36. The van der Waals surface area contributed by atoms with E-state index in [4.69, 9.17) is 0 Å². The van der Waals surface area contributed by atoms with Gasteiger partial charge in [-0.2, -0.15) is 0 Å². The van der Waals surface area contributed by atoms with Crippen LogP contribution >= 0.6 is 11.3 Å². The van der Waals surface area contributed by atoms with Crippen molar-refractivity contribution in [3.8, 4) is 0 Å². The molecular weight excluding hydrogens is 236 g/mol. The Kier molecular flexibility index (Phi) is 3.19. The summed E-state index contributed by atoms with van der Waals surface area (Å²) in [7, 11) is 0. The summed E-state index contributed by atoms with van der Waals surface area (Å²) >= 11 is 1.57. The highest BCUT2D eigenvalue weighted by Crippen LogP contribution is 2.20. The molecule has 1 aliphatic rings. The third-order valence-corrected chi connectivity index (χ3v) is 3.93. The number of carbonyl (C=O) groups excluding carboxylic acids is 2.